The molecule has 1 aromatic carbocycles. The molecular weight excluding hydrogens is 264 g/mol. The summed E-state index contributed by atoms with van der Waals surface area (Å²) in [5, 5.41) is 7.02. The van der Waals surface area contributed by atoms with E-state index in [4.69, 9.17) is 0 Å². The lowest BCUT2D eigenvalue weighted by Crippen LogP contribution is -2.25. The first-order valence-corrected chi connectivity index (χ1v) is 6.62. The number of hydrogen-bond donors (Lipinski definition) is 1. The van der Waals surface area contributed by atoms with Crippen molar-refractivity contribution in [2.75, 3.05) is 0 Å². The SMILES string of the molecule is O=C(NCc1ccccc1)c1ncccc1-n1cccn1. The van der Waals surface area contributed by atoms with Crippen LogP contribution in [0.5, 0.6) is 0 Å². The molecule has 0 radical (unpaired) electrons. The van der Waals surface area contributed by atoms with E-state index in [1.54, 1.807) is 35.4 Å². The van der Waals surface area contributed by atoms with Crippen LogP contribution in [0.15, 0.2) is 67.1 Å². The van der Waals surface area contributed by atoms with Crippen molar-refractivity contribution in [1.29, 1.82) is 0 Å². The summed E-state index contributed by atoms with van der Waals surface area (Å²) in [5.74, 6) is -0.218. The Morgan fingerprint density at radius 1 is 1.05 bits per heavy atom. The van der Waals surface area contributed by atoms with Crippen molar-refractivity contribution in [3.8, 4) is 5.69 Å². The summed E-state index contributed by atoms with van der Waals surface area (Å²) >= 11 is 0. The van der Waals surface area contributed by atoms with Gasteiger partial charge < -0.3 is 5.32 Å². The number of rotatable bonds is 4. The lowest BCUT2D eigenvalue weighted by molar-refractivity contribution is 0.0946. The second-order valence-corrected chi connectivity index (χ2v) is 4.49. The molecule has 0 fully saturated rings. The lowest BCUT2D eigenvalue weighted by atomic mass is 10.2. The molecular formula is C16H14N4O. The van der Waals surface area contributed by atoms with Gasteiger partial charge in [0.2, 0.25) is 0 Å². The van der Waals surface area contributed by atoms with Crippen molar-refractivity contribution in [3.05, 3.63) is 78.4 Å². The average molecular weight is 278 g/mol. The van der Waals surface area contributed by atoms with Crippen molar-refractivity contribution in [2.24, 2.45) is 0 Å². The molecule has 2 aromatic heterocycles. The third-order valence-corrected chi connectivity index (χ3v) is 3.05. The molecule has 104 valence electrons. The molecule has 5 heteroatoms. The number of pyridine rings is 1. The van der Waals surface area contributed by atoms with Gasteiger partial charge in [-0.2, -0.15) is 5.10 Å². The lowest BCUT2D eigenvalue weighted by Gasteiger charge is -2.09. The minimum atomic E-state index is -0.218. The number of carbonyl (C=O) groups is 1. The summed E-state index contributed by atoms with van der Waals surface area (Å²) in [7, 11) is 0. The Bertz CT molecular complexity index is 723. The average Bonchev–Trinajstić information content (AvgIpc) is 3.08. The van der Waals surface area contributed by atoms with Gasteiger partial charge in [-0.1, -0.05) is 30.3 Å². The molecule has 5 nitrogen and oxygen atoms in total. The van der Waals surface area contributed by atoms with E-state index in [0.717, 1.165) is 5.56 Å². The molecule has 1 N–H and O–H groups in total. The zero-order valence-corrected chi connectivity index (χ0v) is 11.3. The Hall–Kier alpha value is -2.95. The molecule has 2 heterocycles. The van der Waals surface area contributed by atoms with E-state index in [2.05, 4.69) is 15.4 Å². The normalized spacial score (nSPS) is 10.3. The van der Waals surface area contributed by atoms with E-state index in [-0.39, 0.29) is 5.91 Å². The van der Waals surface area contributed by atoms with E-state index in [0.29, 0.717) is 17.9 Å². The third-order valence-electron chi connectivity index (χ3n) is 3.05. The number of nitrogens with zero attached hydrogens (tertiary/aromatic N) is 3. The number of hydrogen-bond acceptors (Lipinski definition) is 3. The maximum absolute atomic E-state index is 12.3. The highest BCUT2D eigenvalue weighted by Gasteiger charge is 2.13. The predicted molar refractivity (Wildman–Crippen MR) is 79.0 cm³/mol. The minimum absolute atomic E-state index is 0.218. The van der Waals surface area contributed by atoms with E-state index in [9.17, 15) is 4.79 Å². The van der Waals surface area contributed by atoms with E-state index >= 15 is 0 Å². The van der Waals surface area contributed by atoms with Gasteiger partial charge in [0.1, 0.15) is 0 Å². The number of amides is 1. The van der Waals surface area contributed by atoms with Crippen LogP contribution in [0.4, 0.5) is 0 Å². The van der Waals surface area contributed by atoms with E-state index in [1.807, 2.05) is 36.4 Å². The van der Waals surface area contributed by atoms with Crippen molar-refractivity contribution in [1.82, 2.24) is 20.1 Å². The Kier molecular flexibility index (Phi) is 3.73. The zero-order valence-electron chi connectivity index (χ0n) is 11.3. The van der Waals surface area contributed by atoms with Crippen molar-refractivity contribution in [2.45, 2.75) is 6.54 Å². The summed E-state index contributed by atoms with van der Waals surface area (Å²) in [4.78, 5) is 16.5. The highest BCUT2D eigenvalue weighted by molar-refractivity contribution is 5.95. The standard InChI is InChI=1S/C16H14N4O/c21-16(18-12-13-6-2-1-3-7-13)15-14(8-4-9-17-15)20-11-5-10-19-20/h1-11H,12H2,(H,18,21). The molecule has 0 bridgehead atoms. The number of carbonyl (C=O) groups excluding carboxylic acids is 1. The molecule has 0 unspecified atom stereocenters. The summed E-state index contributed by atoms with van der Waals surface area (Å²) in [6.45, 7) is 0.467. The molecule has 0 aliphatic carbocycles. The predicted octanol–water partition coefficient (Wildman–Crippen LogP) is 2.20. The minimum Gasteiger partial charge on any atom is -0.347 e. The van der Waals surface area contributed by atoms with Crippen LogP contribution in [0, 0.1) is 0 Å². The largest absolute Gasteiger partial charge is 0.347 e. The van der Waals surface area contributed by atoms with Crippen LogP contribution in [-0.4, -0.2) is 20.7 Å². The summed E-state index contributed by atoms with van der Waals surface area (Å²) in [5.41, 5.74) is 2.06. The van der Waals surface area contributed by atoms with Crippen LogP contribution in [0.2, 0.25) is 0 Å². The first-order valence-electron chi connectivity index (χ1n) is 6.62. The Morgan fingerprint density at radius 2 is 1.90 bits per heavy atom. The fraction of sp³-hybridized carbons (Fsp3) is 0.0625. The van der Waals surface area contributed by atoms with Gasteiger partial charge in [-0.05, 0) is 23.8 Å². The van der Waals surface area contributed by atoms with Crippen LogP contribution in [0.1, 0.15) is 16.1 Å². The van der Waals surface area contributed by atoms with Gasteiger partial charge in [0.05, 0.1) is 5.69 Å². The van der Waals surface area contributed by atoms with E-state index < -0.39 is 0 Å². The topological polar surface area (TPSA) is 59.8 Å². The summed E-state index contributed by atoms with van der Waals surface area (Å²) in [6, 6.07) is 15.2. The van der Waals surface area contributed by atoms with E-state index in [1.165, 1.54) is 0 Å². The molecule has 21 heavy (non-hydrogen) atoms. The molecule has 0 saturated heterocycles. The fourth-order valence-corrected chi connectivity index (χ4v) is 2.03. The van der Waals surface area contributed by atoms with Gasteiger partial charge in [0.15, 0.2) is 5.69 Å². The first-order chi connectivity index (χ1) is 10.3. The second kappa shape index (κ2) is 6.00. The number of benzene rings is 1. The number of aromatic nitrogens is 3. The maximum Gasteiger partial charge on any atom is 0.272 e. The molecule has 0 aliphatic heterocycles. The van der Waals surface area contributed by atoms with Crippen LogP contribution in [-0.2, 0) is 6.54 Å². The van der Waals surface area contributed by atoms with Crippen LogP contribution in [0.3, 0.4) is 0 Å². The smallest absolute Gasteiger partial charge is 0.272 e. The quantitative estimate of drug-likeness (QED) is 0.796. The van der Waals surface area contributed by atoms with Gasteiger partial charge in [-0.15, -0.1) is 0 Å². The van der Waals surface area contributed by atoms with Gasteiger partial charge in [-0.3, -0.25) is 4.79 Å². The molecule has 1 amide bonds. The monoisotopic (exact) mass is 278 g/mol. The van der Waals surface area contributed by atoms with Crippen molar-refractivity contribution < 1.29 is 4.79 Å². The van der Waals surface area contributed by atoms with Gasteiger partial charge >= 0.3 is 0 Å². The molecule has 3 aromatic rings. The number of nitrogens with one attached hydrogen (secondary N) is 1. The van der Waals surface area contributed by atoms with Crippen molar-refractivity contribution >= 4 is 5.91 Å². The van der Waals surface area contributed by atoms with Crippen LogP contribution < -0.4 is 5.32 Å². The van der Waals surface area contributed by atoms with Gasteiger partial charge in [0, 0.05) is 25.1 Å². The van der Waals surface area contributed by atoms with Crippen LogP contribution in [0.25, 0.3) is 5.69 Å². The third kappa shape index (κ3) is 2.97. The Balaban J connectivity index is 1.79. The fourth-order valence-electron chi connectivity index (χ4n) is 2.03. The second-order valence-electron chi connectivity index (χ2n) is 4.49. The highest BCUT2D eigenvalue weighted by atomic mass is 16.1. The summed E-state index contributed by atoms with van der Waals surface area (Å²) < 4.78 is 1.63. The Labute approximate surface area is 122 Å². The zero-order chi connectivity index (χ0) is 14.5. The highest BCUT2D eigenvalue weighted by Crippen LogP contribution is 2.10. The van der Waals surface area contributed by atoms with Gasteiger partial charge in [0.25, 0.3) is 5.91 Å². The molecule has 3 rings (SSSR count). The van der Waals surface area contributed by atoms with Gasteiger partial charge in [-0.25, -0.2) is 9.67 Å². The maximum atomic E-state index is 12.3. The molecule has 0 spiro atoms. The van der Waals surface area contributed by atoms with Crippen LogP contribution >= 0.6 is 0 Å². The first kappa shape index (κ1) is 13.1. The summed E-state index contributed by atoms with van der Waals surface area (Å²) in [6.07, 6.45) is 5.05. The molecule has 0 aliphatic rings. The van der Waals surface area contributed by atoms with Crippen molar-refractivity contribution in [3.63, 3.8) is 0 Å². The molecule has 0 atom stereocenters. The Morgan fingerprint density at radius 3 is 2.67 bits per heavy atom. The molecule has 0 saturated carbocycles.